The second-order valence-corrected chi connectivity index (χ2v) is 6.18. The van der Waals surface area contributed by atoms with Crippen molar-refractivity contribution in [3.8, 4) is 5.75 Å². The van der Waals surface area contributed by atoms with E-state index in [2.05, 4.69) is 20.9 Å². The molecule has 0 aromatic heterocycles. The molecule has 0 radical (unpaired) electrons. The average Bonchev–Trinajstić information content (AvgIpc) is 3.05. The number of amides is 2. The quantitative estimate of drug-likeness (QED) is 0.749. The maximum absolute atomic E-state index is 14.5. The third-order valence-corrected chi connectivity index (χ3v) is 4.49. The summed E-state index contributed by atoms with van der Waals surface area (Å²) in [7, 11) is 2.83. The summed E-state index contributed by atoms with van der Waals surface area (Å²) in [5.41, 5.74) is 0.206. The first-order valence-electron chi connectivity index (χ1n) is 8.49. The van der Waals surface area contributed by atoms with Crippen LogP contribution < -0.4 is 20.7 Å². The summed E-state index contributed by atoms with van der Waals surface area (Å²) < 4.78 is 46.9. The van der Waals surface area contributed by atoms with E-state index in [0.29, 0.717) is 11.5 Å². The monoisotopic (exact) mass is 392 g/mol. The van der Waals surface area contributed by atoms with Crippen molar-refractivity contribution in [2.75, 3.05) is 26.0 Å². The molecular weight excluding hydrogens is 373 g/mol. The van der Waals surface area contributed by atoms with Crippen molar-refractivity contribution in [1.29, 1.82) is 0 Å². The molecule has 0 saturated carbocycles. The summed E-state index contributed by atoms with van der Waals surface area (Å²) >= 11 is 0. The summed E-state index contributed by atoms with van der Waals surface area (Å²) in [4.78, 5) is 16.4. The number of nitrogens with zero attached hydrogens (tertiary/aromatic N) is 1. The van der Waals surface area contributed by atoms with Crippen molar-refractivity contribution >= 4 is 17.6 Å². The minimum absolute atomic E-state index is 0.0626. The smallest absolute Gasteiger partial charge is 0.319 e. The highest BCUT2D eigenvalue weighted by Crippen LogP contribution is 2.31. The number of halogens is 3. The highest BCUT2D eigenvalue weighted by Gasteiger charge is 2.38. The number of carbonyl (C=O) groups is 1. The average molecular weight is 392 g/mol. The van der Waals surface area contributed by atoms with E-state index in [4.69, 9.17) is 4.74 Å². The Hall–Kier alpha value is -3.23. The first kappa shape index (κ1) is 19.5. The lowest BCUT2D eigenvalue weighted by atomic mass is 9.92. The highest BCUT2D eigenvalue weighted by molar-refractivity contribution is 5.97. The first-order valence-corrected chi connectivity index (χ1v) is 8.49. The Kier molecular flexibility index (Phi) is 5.72. The van der Waals surface area contributed by atoms with Gasteiger partial charge in [0.05, 0.1) is 13.2 Å². The van der Waals surface area contributed by atoms with Gasteiger partial charge in [-0.1, -0.05) is 0 Å². The Balaban J connectivity index is 1.83. The summed E-state index contributed by atoms with van der Waals surface area (Å²) in [5, 5.41) is 8.18. The fourth-order valence-corrected chi connectivity index (χ4v) is 3.16. The van der Waals surface area contributed by atoms with Crippen molar-refractivity contribution in [1.82, 2.24) is 10.6 Å². The number of aliphatic imine (C=N–C) groups is 1. The molecule has 28 heavy (non-hydrogen) atoms. The van der Waals surface area contributed by atoms with Crippen LogP contribution in [0.2, 0.25) is 0 Å². The predicted octanol–water partition coefficient (Wildman–Crippen LogP) is 3.02. The Morgan fingerprint density at radius 1 is 1.18 bits per heavy atom. The molecule has 2 atom stereocenters. The molecular formula is C19H19F3N4O2. The molecule has 1 heterocycles. The Morgan fingerprint density at radius 2 is 1.82 bits per heavy atom. The minimum atomic E-state index is -0.775. The van der Waals surface area contributed by atoms with Crippen molar-refractivity contribution < 1.29 is 22.7 Å². The molecule has 148 valence electrons. The normalized spacial score (nSPS) is 20.0. The molecule has 3 rings (SSSR count). The lowest BCUT2D eigenvalue weighted by Gasteiger charge is -2.21. The molecule has 2 amide bonds. The number of nitrogens with one attached hydrogen (secondary N) is 3. The maximum Gasteiger partial charge on any atom is 0.319 e. The number of methoxy groups -OCH3 is 1. The lowest BCUT2D eigenvalue weighted by molar-refractivity contribution is 0.250. The molecule has 1 aliphatic rings. The van der Waals surface area contributed by atoms with Crippen molar-refractivity contribution in [2.45, 2.75) is 12.0 Å². The van der Waals surface area contributed by atoms with Gasteiger partial charge in [0.2, 0.25) is 0 Å². The van der Waals surface area contributed by atoms with E-state index in [1.807, 2.05) is 0 Å². The zero-order valence-corrected chi connectivity index (χ0v) is 15.2. The molecule has 9 heteroatoms. The van der Waals surface area contributed by atoms with Gasteiger partial charge < -0.3 is 20.7 Å². The van der Waals surface area contributed by atoms with Crippen LogP contribution in [-0.4, -0.2) is 38.6 Å². The van der Waals surface area contributed by atoms with Gasteiger partial charge in [-0.05, 0) is 24.3 Å². The summed E-state index contributed by atoms with van der Waals surface area (Å²) in [5.74, 6) is -2.24. The number of amidine groups is 1. The van der Waals surface area contributed by atoms with Gasteiger partial charge in [-0.25, -0.2) is 18.0 Å². The van der Waals surface area contributed by atoms with E-state index in [1.54, 1.807) is 0 Å². The lowest BCUT2D eigenvalue weighted by Crippen LogP contribution is -2.45. The SMILES string of the molecule is C/N=C1\NCC(c2c(F)cc(OC)cc2F)C1NC(=O)Nc1ccc(F)cc1. The van der Waals surface area contributed by atoms with Gasteiger partial charge in [0, 0.05) is 42.9 Å². The number of anilines is 1. The Morgan fingerprint density at radius 3 is 2.39 bits per heavy atom. The van der Waals surface area contributed by atoms with Gasteiger partial charge in [-0.3, -0.25) is 4.99 Å². The fraction of sp³-hybridized carbons (Fsp3) is 0.263. The van der Waals surface area contributed by atoms with Crippen LogP contribution in [0, 0.1) is 17.5 Å². The molecule has 0 bridgehead atoms. The molecule has 1 saturated heterocycles. The minimum Gasteiger partial charge on any atom is -0.497 e. The van der Waals surface area contributed by atoms with Gasteiger partial charge in [0.1, 0.15) is 29.0 Å². The molecule has 0 spiro atoms. The van der Waals surface area contributed by atoms with Crippen LogP contribution in [-0.2, 0) is 0 Å². The van der Waals surface area contributed by atoms with Crippen LogP contribution in [0.25, 0.3) is 0 Å². The number of hydrogen-bond donors (Lipinski definition) is 3. The van der Waals surface area contributed by atoms with Gasteiger partial charge in [0.15, 0.2) is 0 Å². The van der Waals surface area contributed by atoms with Crippen molar-refractivity contribution in [3.63, 3.8) is 0 Å². The topological polar surface area (TPSA) is 74.8 Å². The second kappa shape index (κ2) is 8.20. The summed E-state index contributed by atoms with van der Waals surface area (Å²) in [6.45, 7) is 0.189. The summed E-state index contributed by atoms with van der Waals surface area (Å²) in [6, 6.07) is 6.01. The van der Waals surface area contributed by atoms with Crippen LogP contribution in [0.15, 0.2) is 41.4 Å². The zero-order valence-electron chi connectivity index (χ0n) is 15.2. The summed E-state index contributed by atoms with van der Waals surface area (Å²) in [6.07, 6.45) is 0. The maximum atomic E-state index is 14.5. The number of benzene rings is 2. The van der Waals surface area contributed by atoms with Gasteiger partial charge >= 0.3 is 6.03 Å². The van der Waals surface area contributed by atoms with E-state index in [0.717, 1.165) is 12.1 Å². The number of ether oxygens (including phenoxy) is 1. The van der Waals surface area contributed by atoms with Crippen molar-refractivity contribution in [3.05, 3.63) is 59.4 Å². The third kappa shape index (κ3) is 4.03. The van der Waals surface area contributed by atoms with Gasteiger partial charge in [-0.2, -0.15) is 0 Å². The first-order chi connectivity index (χ1) is 13.4. The van der Waals surface area contributed by atoms with E-state index in [9.17, 15) is 18.0 Å². The molecule has 3 N–H and O–H groups in total. The number of hydrogen-bond acceptors (Lipinski definition) is 3. The number of carbonyl (C=O) groups excluding carboxylic acids is 1. The largest absolute Gasteiger partial charge is 0.497 e. The molecule has 1 fully saturated rings. The van der Waals surface area contributed by atoms with Crippen LogP contribution in [0.4, 0.5) is 23.7 Å². The number of urea groups is 1. The van der Waals surface area contributed by atoms with Crippen LogP contribution >= 0.6 is 0 Å². The molecule has 2 aromatic carbocycles. The van der Waals surface area contributed by atoms with Crippen LogP contribution in [0.5, 0.6) is 5.75 Å². The number of rotatable bonds is 4. The predicted molar refractivity (Wildman–Crippen MR) is 99.4 cm³/mol. The van der Waals surface area contributed by atoms with E-state index in [-0.39, 0.29) is 17.9 Å². The van der Waals surface area contributed by atoms with Gasteiger partial charge in [-0.15, -0.1) is 0 Å². The fourth-order valence-electron chi connectivity index (χ4n) is 3.16. The standard InChI is InChI=1S/C19H19F3N4O2/c1-23-18-17(26-19(27)25-11-5-3-10(20)4-6-11)13(9-24-18)16-14(21)7-12(28-2)8-15(16)22/h3-8,13,17H,9H2,1-2H3,(H,23,24)(H2,25,26,27). The molecule has 6 nitrogen and oxygen atoms in total. The zero-order chi connectivity index (χ0) is 20.3. The highest BCUT2D eigenvalue weighted by atomic mass is 19.1. The van der Waals surface area contributed by atoms with E-state index < -0.39 is 35.4 Å². The van der Waals surface area contributed by atoms with Gasteiger partial charge in [0.25, 0.3) is 0 Å². The van der Waals surface area contributed by atoms with E-state index in [1.165, 1.54) is 38.4 Å². The molecule has 2 unspecified atom stereocenters. The second-order valence-electron chi connectivity index (χ2n) is 6.18. The Labute approximate surface area is 159 Å². The van der Waals surface area contributed by atoms with E-state index >= 15 is 0 Å². The van der Waals surface area contributed by atoms with Crippen LogP contribution in [0.3, 0.4) is 0 Å². The third-order valence-electron chi connectivity index (χ3n) is 4.49. The molecule has 0 aliphatic carbocycles. The Bertz CT molecular complexity index is 880. The van der Waals surface area contributed by atoms with Crippen molar-refractivity contribution in [2.24, 2.45) is 4.99 Å². The molecule has 2 aromatic rings. The van der Waals surface area contributed by atoms with Crippen LogP contribution in [0.1, 0.15) is 11.5 Å². The molecule has 1 aliphatic heterocycles.